The number of carbonyl (C=O) groups is 1. The molecule has 2 aromatic heterocycles. The highest BCUT2D eigenvalue weighted by Gasteiger charge is 2.21. The number of esters is 1. The predicted molar refractivity (Wildman–Crippen MR) is 158 cm³/mol. The van der Waals surface area contributed by atoms with Crippen molar-refractivity contribution < 1.29 is 23.4 Å². The average molecular weight is 572 g/mol. The summed E-state index contributed by atoms with van der Waals surface area (Å²) < 4.78 is 23.5. The highest BCUT2D eigenvalue weighted by atomic mass is 35.5. The van der Waals surface area contributed by atoms with Crippen molar-refractivity contribution in [3.05, 3.63) is 99.8 Å². The largest absolute Gasteiger partial charge is 0.493 e. The van der Waals surface area contributed by atoms with Crippen molar-refractivity contribution >= 4 is 45.7 Å². The molecule has 0 unspecified atom stereocenters. The highest BCUT2D eigenvalue weighted by Crippen LogP contribution is 2.34. The summed E-state index contributed by atoms with van der Waals surface area (Å²) in [6.45, 7) is 5.41. The molecule has 0 bridgehead atoms. The third-order valence-electron chi connectivity index (χ3n) is 6.34. The quantitative estimate of drug-likeness (QED) is 0.121. The molecule has 0 radical (unpaired) electrons. The fraction of sp³-hybridized carbons (Fsp3) is 0.161. The van der Waals surface area contributed by atoms with Gasteiger partial charge in [-0.3, -0.25) is 4.79 Å². The standard InChI is InChI=1S/C31H26ClN3O6/c1-5-8-20-13-19(14-26(38-3)28(20)40-18(2)31(37)39-4)17-33-35-29(34-24-10-7-6-9-23(24)30(35)36)27-16-21-15-22(32)11-12-25(21)41-27/h5-7,9-18H,1,8H2,2-4H3/t18-/m1/s1. The van der Waals surface area contributed by atoms with Crippen molar-refractivity contribution in [1.82, 2.24) is 9.66 Å². The highest BCUT2D eigenvalue weighted by molar-refractivity contribution is 6.31. The number of aromatic nitrogens is 2. The minimum absolute atomic E-state index is 0.224. The van der Waals surface area contributed by atoms with E-state index in [1.54, 1.807) is 61.5 Å². The number of para-hydroxylation sites is 1. The molecule has 0 aliphatic heterocycles. The molecule has 2 heterocycles. The number of fused-ring (bicyclic) bond motifs is 2. The lowest BCUT2D eigenvalue weighted by Gasteiger charge is -2.18. The maximum atomic E-state index is 13.6. The maximum Gasteiger partial charge on any atom is 0.346 e. The third kappa shape index (κ3) is 5.57. The fourth-order valence-electron chi connectivity index (χ4n) is 4.38. The zero-order valence-electron chi connectivity index (χ0n) is 22.6. The van der Waals surface area contributed by atoms with Gasteiger partial charge >= 0.3 is 5.97 Å². The van der Waals surface area contributed by atoms with E-state index in [9.17, 15) is 9.59 Å². The summed E-state index contributed by atoms with van der Waals surface area (Å²) in [4.78, 5) is 30.3. The first kappa shape index (κ1) is 27.7. The second kappa shape index (κ2) is 11.7. The molecule has 5 aromatic rings. The van der Waals surface area contributed by atoms with Crippen LogP contribution in [0.2, 0.25) is 5.02 Å². The van der Waals surface area contributed by atoms with Gasteiger partial charge in [0.1, 0.15) is 5.58 Å². The van der Waals surface area contributed by atoms with Crippen LogP contribution in [0.25, 0.3) is 33.5 Å². The number of halogens is 1. The lowest BCUT2D eigenvalue weighted by atomic mass is 10.1. The molecule has 1 atom stereocenters. The summed E-state index contributed by atoms with van der Waals surface area (Å²) in [7, 11) is 2.79. The minimum atomic E-state index is -0.861. The molecule has 0 saturated heterocycles. The molecule has 0 saturated carbocycles. The average Bonchev–Trinajstić information content (AvgIpc) is 3.40. The zero-order chi connectivity index (χ0) is 29.1. The van der Waals surface area contributed by atoms with Crippen LogP contribution in [-0.2, 0) is 16.0 Å². The smallest absolute Gasteiger partial charge is 0.346 e. The van der Waals surface area contributed by atoms with Crippen molar-refractivity contribution in [3.63, 3.8) is 0 Å². The van der Waals surface area contributed by atoms with E-state index in [4.69, 9.17) is 35.2 Å². The maximum absolute atomic E-state index is 13.6. The number of hydrogen-bond donors (Lipinski definition) is 0. The van der Waals surface area contributed by atoms with Gasteiger partial charge in [-0.05, 0) is 67.4 Å². The molecular formula is C31H26ClN3O6. The van der Waals surface area contributed by atoms with E-state index in [1.165, 1.54) is 25.1 Å². The van der Waals surface area contributed by atoms with E-state index in [-0.39, 0.29) is 11.4 Å². The van der Waals surface area contributed by atoms with Crippen molar-refractivity contribution in [2.45, 2.75) is 19.4 Å². The minimum Gasteiger partial charge on any atom is -0.493 e. The number of nitrogens with zero attached hydrogens (tertiary/aromatic N) is 3. The molecule has 10 heteroatoms. The summed E-state index contributed by atoms with van der Waals surface area (Å²) in [5.41, 5.74) is 2.05. The third-order valence-corrected chi connectivity index (χ3v) is 6.58. The Kier molecular flexibility index (Phi) is 7.89. The Bertz CT molecular complexity index is 1870. The van der Waals surface area contributed by atoms with Gasteiger partial charge in [0, 0.05) is 16.0 Å². The Hall–Kier alpha value is -4.89. The summed E-state index contributed by atoms with van der Waals surface area (Å²) in [5.74, 6) is 0.814. The van der Waals surface area contributed by atoms with E-state index in [0.29, 0.717) is 56.3 Å². The van der Waals surface area contributed by atoms with E-state index in [1.807, 2.05) is 12.1 Å². The molecule has 0 spiro atoms. The number of methoxy groups -OCH3 is 2. The monoisotopic (exact) mass is 571 g/mol. The Morgan fingerprint density at radius 2 is 1.98 bits per heavy atom. The van der Waals surface area contributed by atoms with E-state index >= 15 is 0 Å². The van der Waals surface area contributed by atoms with Gasteiger partial charge in [0.15, 0.2) is 23.4 Å². The number of carbonyl (C=O) groups excluding carboxylic acids is 1. The SMILES string of the molecule is C=CCc1cc(C=Nn2c(-c3cc4cc(Cl)ccc4o3)nc3ccccc3c2=O)cc(OC)c1O[C@H](C)C(=O)OC. The molecule has 0 amide bonds. The summed E-state index contributed by atoms with van der Waals surface area (Å²) in [5, 5.41) is 6.26. The normalized spacial score (nSPS) is 12.1. The van der Waals surface area contributed by atoms with Crippen LogP contribution in [0.15, 0.2) is 87.6 Å². The first-order valence-corrected chi connectivity index (χ1v) is 13.0. The molecule has 41 heavy (non-hydrogen) atoms. The first-order valence-electron chi connectivity index (χ1n) is 12.6. The van der Waals surface area contributed by atoms with Crippen molar-refractivity contribution in [2.24, 2.45) is 5.10 Å². The van der Waals surface area contributed by atoms with Crippen LogP contribution in [0, 0.1) is 0 Å². The zero-order valence-corrected chi connectivity index (χ0v) is 23.3. The number of rotatable bonds is 9. The van der Waals surface area contributed by atoms with Crippen LogP contribution in [0.5, 0.6) is 11.5 Å². The van der Waals surface area contributed by atoms with Crippen LogP contribution < -0.4 is 15.0 Å². The molecule has 0 aliphatic carbocycles. The second-order valence-corrected chi connectivity index (χ2v) is 9.53. The number of ether oxygens (including phenoxy) is 3. The van der Waals surface area contributed by atoms with Gasteiger partial charge in [-0.25, -0.2) is 9.78 Å². The predicted octanol–water partition coefficient (Wildman–Crippen LogP) is 6.02. The van der Waals surface area contributed by atoms with Gasteiger partial charge < -0.3 is 18.6 Å². The van der Waals surface area contributed by atoms with Crippen LogP contribution in [-0.4, -0.2) is 42.2 Å². The van der Waals surface area contributed by atoms with E-state index < -0.39 is 12.1 Å². The molecule has 0 aliphatic rings. The summed E-state index contributed by atoms with van der Waals surface area (Å²) in [6, 6.07) is 17.6. The summed E-state index contributed by atoms with van der Waals surface area (Å²) >= 11 is 6.16. The lowest BCUT2D eigenvalue weighted by Crippen LogP contribution is -2.25. The topological polar surface area (TPSA) is 105 Å². The molecule has 5 rings (SSSR count). The van der Waals surface area contributed by atoms with E-state index in [2.05, 4.69) is 11.7 Å². The van der Waals surface area contributed by atoms with Crippen molar-refractivity contribution in [1.29, 1.82) is 0 Å². The molecule has 3 aromatic carbocycles. The van der Waals surface area contributed by atoms with Crippen LogP contribution in [0.1, 0.15) is 18.1 Å². The molecule has 0 N–H and O–H groups in total. The molecule has 208 valence electrons. The van der Waals surface area contributed by atoms with Gasteiger partial charge in [0.25, 0.3) is 5.56 Å². The Morgan fingerprint density at radius 1 is 1.17 bits per heavy atom. The second-order valence-electron chi connectivity index (χ2n) is 9.09. The van der Waals surface area contributed by atoms with Crippen LogP contribution in [0.3, 0.4) is 0 Å². The Labute approximate surface area is 240 Å². The van der Waals surface area contributed by atoms with Crippen molar-refractivity contribution in [2.75, 3.05) is 14.2 Å². The Balaban J connectivity index is 1.64. The van der Waals surface area contributed by atoms with Crippen LogP contribution in [0.4, 0.5) is 0 Å². The van der Waals surface area contributed by atoms with Gasteiger partial charge in [0.05, 0.1) is 31.3 Å². The van der Waals surface area contributed by atoms with Gasteiger partial charge in [-0.15, -0.1) is 6.58 Å². The number of allylic oxidation sites excluding steroid dienone is 1. The molecule has 9 nitrogen and oxygen atoms in total. The van der Waals surface area contributed by atoms with Crippen LogP contribution >= 0.6 is 11.6 Å². The molecular weight excluding hydrogens is 546 g/mol. The fourth-order valence-corrected chi connectivity index (χ4v) is 4.56. The first-order chi connectivity index (χ1) is 19.8. The number of hydrogen-bond acceptors (Lipinski definition) is 8. The Morgan fingerprint density at radius 3 is 2.73 bits per heavy atom. The van der Waals surface area contributed by atoms with Crippen molar-refractivity contribution in [3.8, 4) is 23.1 Å². The summed E-state index contributed by atoms with van der Waals surface area (Å²) in [6.07, 6.45) is 2.78. The van der Waals surface area contributed by atoms with Gasteiger partial charge in [-0.1, -0.05) is 29.8 Å². The molecule has 0 fully saturated rings. The number of furan rings is 1. The van der Waals surface area contributed by atoms with Gasteiger partial charge in [-0.2, -0.15) is 9.78 Å². The number of benzene rings is 3. The van der Waals surface area contributed by atoms with E-state index in [0.717, 1.165) is 5.39 Å². The lowest BCUT2D eigenvalue weighted by molar-refractivity contribution is -0.147. The van der Waals surface area contributed by atoms with Gasteiger partial charge in [0.2, 0.25) is 5.82 Å².